The van der Waals surface area contributed by atoms with Gasteiger partial charge in [0.2, 0.25) is 0 Å². The fourth-order valence-electron chi connectivity index (χ4n) is 0.378. The molecule has 0 aromatic heterocycles. The van der Waals surface area contributed by atoms with Gasteiger partial charge >= 0.3 is 5.97 Å². The molecule has 0 radical (unpaired) electrons. The summed E-state index contributed by atoms with van der Waals surface area (Å²) in [4.78, 5) is 10.2. The topological polar surface area (TPSA) is 104 Å². The minimum atomic E-state index is -1.93. The Morgan fingerprint density at radius 2 is 2.20 bits per heavy atom. The second-order valence-corrected chi connectivity index (χ2v) is 2.18. The van der Waals surface area contributed by atoms with Crippen molar-refractivity contribution < 1.29 is 20.1 Å². The molecule has 0 aromatic carbocycles. The summed E-state index contributed by atoms with van der Waals surface area (Å²) in [7, 11) is 0. The first-order chi connectivity index (χ1) is 4.45. The molecule has 0 spiro atoms. The lowest BCUT2D eigenvalue weighted by atomic mass is 9.96. The van der Waals surface area contributed by atoms with Crippen LogP contribution in [0.3, 0.4) is 0 Å². The number of carbonyl (C=O) groups is 1. The van der Waals surface area contributed by atoms with Gasteiger partial charge < -0.3 is 21.1 Å². The van der Waals surface area contributed by atoms with Crippen molar-refractivity contribution in [2.24, 2.45) is 5.73 Å². The number of rotatable bonds is 3. The van der Waals surface area contributed by atoms with E-state index in [2.05, 4.69) is 0 Å². The maximum Gasteiger partial charge on any atom is 0.328 e. The highest BCUT2D eigenvalue weighted by Crippen LogP contribution is 2.05. The van der Waals surface area contributed by atoms with Gasteiger partial charge in [0, 0.05) is 0 Å². The van der Waals surface area contributed by atoms with Crippen LogP contribution in [0.1, 0.15) is 6.92 Å². The molecule has 60 valence electrons. The summed E-state index contributed by atoms with van der Waals surface area (Å²) in [5, 5.41) is 25.6. The molecular weight excluding hydrogens is 138 g/mol. The van der Waals surface area contributed by atoms with Crippen LogP contribution in [0, 0.1) is 0 Å². The van der Waals surface area contributed by atoms with Gasteiger partial charge in [-0.2, -0.15) is 0 Å². The number of carboxylic acids is 1. The van der Waals surface area contributed by atoms with Gasteiger partial charge in [-0.05, 0) is 6.92 Å². The van der Waals surface area contributed by atoms with Gasteiger partial charge in [0.15, 0.2) is 5.54 Å². The van der Waals surface area contributed by atoms with Gasteiger partial charge in [0.1, 0.15) is 0 Å². The van der Waals surface area contributed by atoms with Crippen LogP contribution < -0.4 is 5.73 Å². The third-order valence-electron chi connectivity index (χ3n) is 1.41. The molecule has 5 N–H and O–H groups in total. The van der Waals surface area contributed by atoms with Crippen molar-refractivity contribution in [3.63, 3.8) is 0 Å². The van der Waals surface area contributed by atoms with Crippen molar-refractivity contribution in [3.8, 4) is 0 Å². The summed E-state index contributed by atoms with van der Waals surface area (Å²) in [6, 6.07) is 0. The molecule has 0 amide bonds. The molecule has 10 heavy (non-hydrogen) atoms. The number of carboxylic acid groups (broad SMARTS) is 1. The van der Waals surface area contributed by atoms with E-state index >= 15 is 0 Å². The summed E-state index contributed by atoms with van der Waals surface area (Å²) < 4.78 is 0. The Kier molecular flexibility index (Phi) is 2.77. The van der Waals surface area contributed by atoms with E-state index in [9.17, 15) is 4.79 Å². The summed E-state index contributed by atoms with van der Waals surface area (Å²) >= 11 is 0. The number of nitrogens with two attached hydrogens (primary N) is 1. The smallest absolute Gasteiger partial charge is 0.328 e. The number of aliphatic hydroxyl groups excluding tert-OH is 2. The largest absolute Gasteiger partial charge is 0.480 e. The van der Waals surface area contributed by atoms with Crippen molar-refractivity contribution >= 4 is 5.97 Å². The quantitative estimate of drug-likeness (QED) is 0.377. The van der Waals surface area contributed by atoms with E-state index in [1.807, 2.05) is 0 Å². The normalized spacial score (nSPS) is 19.6. The third-order valence-corrected chi connectivity index (χ3v) is 1.41. The van der Waals surface area contributed by atoms with Gasteiger partial charge in [0.05, 0.1) is 12.7 Å². The van der Waals surface area contributed by atoms with E-state index in [0.717, 1.165) is 0 Å². The van der Waals surface area contributed by atoms with Crippen LogP contribution in [0.4, 0.5) is 0 Å². The summed E-state index contributed by atoms with van der Waals surface area (Å²) in [6.45, 7) is 0.435. The van der Waals surface area contributed by atoms with Crippen LogP contribution in [0.25, 0.3) is 0 Å². The van der Waals surface area contributed by atoms with Crippen molar-refractivity contribution in [2.75, 3.05) is 6.61 Å². The first-order valence-electron chi connectivity index (χ1n) is 2.76. The van der Waals surface area contributed by atoms with E-state index in [-0.39, 0.29) is 0 Å². The molecule has 2 atom stereocenters. The average molecular weight is 149 g/mol. The fraction of sp³-hybridized carbons (Fsp3) is 0.800. The maximum absolute atomic E-state index is 10.2. The molecule has 0 aromatic rings. The number of aliphatic hydroxyl groups is 2. The predicted molar refractivity (Wildman–Crippen MR) is 33.3 cm³/mol. The van der Waals surface area contributed by atoms with Gasteiger partial charge in [-0.3, -0.25) is 4.79 Å². The van der Waals surface area contributed by atoms with Crippen LogP contribution in [0.5, 0.6) is 0 Å². The lowest BCUT2D eigenvalue weighted by Crippen LogP contribution is -2.59. The Hall–Kier alpha value is -0.650. The molecule has 0 fully saturated rings. The average Bonchev–Trinajstić information content (AvgIpc) is 1.85. The highest BCUT2D eigenvalue weighted by molar-refractivity contribution is 5.79. The SMILES string of the molecule is C[C@H](O)C(N)(CO)C(=O)O. The lowest BCUT2D eigenvalue weighted by Gasteiger charge is -2.24. The lowest BCUT2D eigenvalue weighted by molar-refractivity contribution is -0.149. The predicted octanol–water partition coefficient (Wildman–Crippen LogP) is -1.86. The van der Waals surface area contributed by atoms with E-state index < -0.39 is 24.2 Å². The van der Waals surface area contributed by atoms with E-state index in [1.54, 1.807) is 0 Å². The van der Waals surface area contributed by atoms with Gasteiger partial charge in [-0.15, -0.1) is 0 Å². The first kappa shape index (κ1) is 9.35. The molecule has 0 saturated heterocycles. The minimum Gasteiger partial charge on any atom is -0.480 e. The molecule has 0 aliphatic rings. The molecule has 5 heteroatoms. The molecule has 0 aliphatic carbocycles. The second kappa shape index (κ2) is 2.96. The molecule has 0 saturated carbocycles. The Bertz CT molecular complexity index is 136. The first-order valence-corrected chi connectivity index (χ1v) is 2.76. The van der Waals surface area contributed by atoms with E-state index in [1.165, 1.54) is 6.92 Å². The Morgan fingerprint density at radius 3 is 2.20 bits per heavy atom. The Labute approximate surface area is 58.1 Å². The standard InChI is InChI=1S/C5H11NO4/c1-3(8)5(6,2-7)4(9)10/h3,7-8H,2,6H2,1H3,(H,9,10)/t3-,5?/m0/s1. The summed E-state index contributed by atoms with van der Waals surface area (Å²) in [6.07, 6.45) is -1.27. The van der Waals surface area contributed by atoms with Crippen LogP contribution in [-0.4, -0.2) is 39.5 Å². The van der Waals surface area contributed by atoms with Crippen LogP contribution in [0.2, 0.25) is 0 Å². The number of hydrogen-bond acceptors (Lipinski definition) is 4. The van der Waals surface area contributed by atoms with Gasteiger partial charge in [0.25, 0.3) is 0 Å². The Balaban J connectivity index is 4.38. The molecule has 0 heterocycles. The number of aliphatic carboxylic acids is 1. The highest BCUT2D eigenvalue weighted by Gasteiger charge is 2.38. The number of hydrogen-bond donors (Lipinski definition) is 4. The minimum absolute atomic E-state index is 0.778. The zero-order valence-electron chi connectivity index (χ0n) is 5.61. The summed E-state index contributed by atoms with van der Waals surface area (Å²) in [5.74, 6) is -1.41. The summed E-state index contributed by atoms with van der Waals surface area (Å²) in [5.41, 5.74) is 3.15. The van der Waals surface area contributed by atoms with Crippen molar-refractivity contribution in [3.05, 3.63) is 0 Å². The molecule has 5 nitrogen and oxygen atoms in total. The molecule has 1 unspecified atom stereocenters. The molecule has 0 aliphatic heterocycles. The molecule has 0 bridgehead atoms. The fourth-order valence-corrected chi connectivity index (χ4v) is 0.378. The van der Waals surface area contributed by atoms with Crippen LogP contribution in [-0.2, 0) is 4.79 Å². The zero-order chi connectivity index (χ0) is 8.36. The Morgan fingerprint density at radius 1 is 1.80 bits per heavy atom. The monoisotopic (exact) mass is 149 g/mol. The molecule has 0 rings (SSSR count). The van der Waals surface area contributed by atoms with Gasteiger partial charge in [-0.25, -0.2) is 0 Å². The van der Waals surface area contributed by atoms with Gasteiger partial charge in [-0.1, -0.05) is 0 Å². The maximum atomic E-state index is 10.2. The van der Waals surface area contributed by atoms with Crippen molar-refractivity contribution in [2.45, 2.75) is 18.6 Å². The van der Waals surface area contributed by atoms with Crippen molar-refractivity contribution in [1.29, 1.82) is 0 Å². The van der Waals surface area contributed by atoms with Crippen molar-refractivity contribution in [1.82, 2.24) is 0 Å². The van der Waals surface area contributed by atoms with Crippen LogP contribution in [0.15, 0.2) is 0 Å². The molecular formula is C5H11NO4. The van der Waals surface area contributed by atoms with E-state index in [0.29, 0.717) is 0 Å². The van der Waals surface area contributed by atoms with Crippen LogP contribution >= 0.6 is 0 Å². The zero-order valence-corrected chi connectivity index (χ0v) is 5.61. The second-order valence-electron chi connectivity index (χ2n) is 2.18. The third kappa shape index (κ3) is 1.44. The van der Waals surface area contributed by atoms with E-state index in [4.69, 9.17) is 21.1 Å². The highest BCUT2D eigenvalue weighted by atomic mass is 16.4.